The summed E-state index contributed by atoms with van der Waals surface area (Å²) in [6, 6.07) is 0. The topological polar surface area (TPSA) is 30.5 Å². The highest BCUT2D eigenvalue weighted by molar-refractivity contribution is 5.04. The van der Waals surface area contributed by atoms with E-state index in [9.17, 15) is 0 Å². The van der Waals surface area contributed by atoms with Gasteiger partial charge in [0.15, 0.2) is 6.29 Å². The van der Waals surface area contributed by atoms with Gasteiger partial charge in [0, 0.05) is 26.2 Å². The van der Waals surface area contributed by atoms with Crippen molar-refractivity contribution in [1.82, 2.24) is 5.32 Å². The Morgan fingerprint density at radius 1 is 1.18 bits per heavy atom. The molecule has 2 aliphatic rings. The fourth-order valence-electron chi connectivity index (χ4n) is 2.73. The third-order valence-corrected chi connectivity index (χ3v) is 4.07. The van der Waals surface area contributed by atoms with Crippen LogP contribution in [0.2, 0.25) is 0 Å². The molecule has 0 amide bonds. The normalized spacial score (nSPS) is 22.1. The molecule has 3 heteroatoms. The van der Waals surface area contributed by atoms with E-state index in [1.165, 1.54) is 32.2 Å². The first kappa shape index (κ1) is 13.3. The third kappa shape index (κ3) is 3.94. The SMILES string of the molecule is CCOC(CCNCC1(C2CC2)CC1)OCC. The number of nitrogens with one attached hydrogen (secondary N) is 1. The summed E-state index contributed by atoms with van der Waals surface area (Å²) >= 11 is 0. The van der Waals surface area contributed by atoms with Crippen molar-refractivity contribution in [3.05, 3.63) is 0 Å². The summed E-state index contributed by atoms with van der Waals surface area (Å²) in [6.07, 6.45) is 6.79. The van der Waals surface area contributed by atoms with Gasteiger partial charge in [0.05, 0.1) is 0 Å². The molecule has 0 aliphatic heterocycles. The number of ether oxygens (including phenoxy) is 2. The minimum atomic E-state index is -0.0198. The molecule has 0 bridgehead atoms. The Balaban J connectivity index is 1.55. The highest BCUT2D eigenvalue weighted by Gasteiger charge is 2.53. The van der Waals surface area contributed by atoms with E-state index < -0.39 is 0 Å². The number of rotatable bonds is 10. The maximum atomic E-state index is 5.53. The van der Waals surface area contributed by atoms with Crippen molar-refractivity contribution in [1.29, 1.82) is 0 Å². The molecule has 0 atom stereocenters. The van der Waals surface area contributed by atoms with Crippen molar-refractivity contribution in [3.8, 4) is 0 Å². The number of hydrogen-bond acceptors (Lipinski definition) is 3. The lowest BCUT2D eigenvalue weighted by atomic mass is 10.0. The summed E-state index contributed by atoms with van der Waals surface area (Å²) in [6.45, 7) is 7.73. The zero-order valence-electron chi connectivity index (χ0n) is 11.3. The second-order valence-electron chi connectivity index (χ2n) is 5.44. The van der Waals surface area contributed by atoms with Crippen LogP contribution >= 0.6 is 0 Å². The van der Waals surface area contributed by atoms with Gasteiger partial charge in [-0.25, -0.2) is 0 Å². The van der Waals surface area contributed by atoms with Crippen LogP contribution in [-0.2, 0) is 9.47 Å². The zero-order chi connectivity index (χ0) is 12.1. The fraction of sp³-hybridized carbons (Fsp3) is 1.00. The summed E-state index contributed by atoms with van der Waals surface area (Å²) in [7, 11) is 0. The Labute approximate surface area is 105 Å². The highest BCUT2D eigenvalue weighted by atomic mass is 16.7. The van der Waals surface area contributed by atoms with Crippen molar-refractivity contribution >= 4 is 0 Å². The first-order valence-electron chi connectivity index (χ1n) is 7.24. The van der Waals surface area contributed by atoms with Gasteiger partial charge in [0.2, 0.25) is 0 Å². The van der Waals surface area contributed by atoms with Crippen molar-refractivity contribution in [2.24, 2.45) is 11.3 Å². The molecule has 17 heavy (non-hydrogen) atoms. The van der Waals surface area contributed by atoms with Crippen molar-refractivity contribution < 1.29 is 9.47 Å². The van der Waals surface area contributed by atoms with Crippen molar-refractivity contribution in [2.75, 3.05) is 26.3 Å². The quantitative estimate of drug-likeness (QED) is 0.471. The lowest BCUT2D eigenvalue weighted by molar-refractivity contribution is -0.138. The molecule has 0 heterocycles. The summed E-state index contributed by atoms with van der Waals surface area (Å²) < 4.78 is 11.1. The monoisotopic (exact) mass is 241 g/mol. The molecule has 2 fully saturated rings. The molecule has 0 aromatic carbocycles. The Morgan fingerprint density at radius 2 is 1.82 bits per heavy atom. The van der Waals surface area contributed by atoms with Crippen LogP contribution in [0.4, 0.5) is 0 Å². The molecule has 0 aromatic heterocycles. The minimum Gasteiger partial charge on any atom is -0.353 e. The smallest absolute Gasteiger partial charge is 0.158 e. The van der Waals surface area contributed by atoms with E-state index in [1.807, 2.05) is 13.8 Å². The molecular weight excluding hydrogens is 214 g/mol. The van der Waals surface area contributed by atoms with Crippen LogP contribution in [0.15, 0.2) is 0 Å². The van der Waals surface area contributed by atoms with E-state index in [1.54, 1.807) is 0 Å². The van der Waals surface area contributed by atoms with Gasteiger partial charge < -0.3 is 14.8 Å². The summed E-state index contributed by atoms with van der Waals surface area (Å²) in [5.74, 6) is 1.05. The van der Waals surface area contributed by atoms with Crippen LogP contribution in [0.3, 0.4) is 0 Å². The predicted molar refractivity (Wildman–Crippen MR) is 68.9 cm³/mol. The summed E-state index contributed by atoms with van der Waals surface area (Å²) in [5.41, 5.74) is 0.701. The second-order valence-corrected chi connectivity index (χ2v) is 5.44. The fourth-order valence-corrected chi connectivity index (χ4v) is 2.73. The lowest BCUT2D eigenvalue weighted by Crippen LogP contribution is -2.30. The van der Waals surface area contributed by atoms with Gasteiger partial charge in [-0.05, 0) is 57.4 Å². The van der Waals surface area contributed by atoms with Crippen LogP contribution in [-0.4, -0.2) is 32.6 Å². The molecule has 0 unspecified atom stereocenters. The van der Waals surface area contributed by atoms with Crippen LogP contribution < -0.4 is 5.32 Å². The molecule has 100 valence electrons. The average Bonchev–Trinajstić information content (AvgIpc) is 3.16. The summed E-state index contributed by atoms with van der Waals surface area (Å²) in [5, 5.41) is 3.60. The van der Waals surface area contributed by atoms with E-state index in [0.717, 1.165) is 32.1 Å². The maximum Gasteiger partial charge on any atom is 0.158 e. The molecule has 0 spiro atoms. The molecular formula is C14H27NO2. The molecule has 2 saturated carbocycles. The third-order valence-electron chi connectivity index (χ3n) is 4.07. The molecule has 3 nitrogen and oxygen atoms in total. The second kappa shape index (κ2) is 6.17. The zero-order valence-corrected chi connectivity index (χ0v) is 11.3. The van der Waals surface area contributed by atoms with Gasteiger partial charge >= 0.3 is 0 Å². The largest absolute Gasteiger partial charge is 0.353 e. The molecule has 1 N–H and O–H groups in total. The Kier molecular flexibility index (Phi) is 4.83. The van der Waals surface area contributed by atoms with Crippen LogP contribution in [0, 0.1) is 11.3 Å². The first-order valence-corrected chi connectivity index (χ1v) is 7.24. The van der Waals surface area contributed by atoms with E-state index in [2.05, 4.69) is 5.32 Å². The highest BCUT2D eigenvalue weighted by Crippen LogP contribution is 2.60. The Bertz CT molecular complexity index is 218. The van der Waals surface area contributed by atoms with Crippen LogP contribution in [0.5, 0.6) is 0 Å². The Morgan fingerprint density at radius 3 is 2.29 bits per heavy atom. The summed E-state index contributed by atoms with van der Waals surface area (Å²) in [4.78, 5) is 0. The van der Waals surface area contributed by atoms with Crippen LogP contribution in [0.25, 0.3) is 0 Å². The van der Waals surface area contributed by atoms with E-state index in [-0.39, 0.29) is 6.29 Å². The number of hydrogen-bond donors (Lipinski definition) is 1. The molecule has 0 saturated heterocycles. The van der Waals surface area contributed by atoms with Crippen molar-refractivity contribution in [3.63, 3.8) is 0 Å². The van der Waals surface area contributed by atoms with Gasteiger partial charge in [-0.3, -0.25) is 0 Å². The average molecular weight is 241 g/mol. The van der Waals surface area contributed by atoms with Crippen LogP contribution in [0.1, 0.15) is 46.0 Å². The predicted octanol–water partition coefficient (Wildman–Crippen LogP) is 2.56. The molecule has 0 radical (unpaired) electrons. The molecule has 0 aromatic rings. The Hall–Kier alpha value is -0.120. The standard InChI is InChI=1S/C14H27NO2/c1-3-16-13(17-4-2)7-10-15-11-14(8-9-14)12-5-6-12/h12-13,15H,3-11H2,1-2H3. The molecule has 2 aliphatic carbocycles. The lowest BCUT2D eigenvalue weighted by Gasteiger charge is -2.19. The maximum absolute atomic E-state index is 5.53. The van der Waals surface area contributed by atoms with E-state index in [4.69, 9.17) is 9.47 Å². The van der Waals surface area contributed by atoms with Crippen molar-refractivity contribution in [2.45, 2.75) is 52.2 Å². The van der Waals surface area contributed by atoms with Gasteiger partial charge in [-0.2, -0.15) is 0 Å². The molecule has 2 rings (SSSR count). The van der Waals surface area contributed by atoms with Gasteiger partial charge in [-0.1, -0.05) is 0 Å². The first-order chi connectivity index (χ1) is 8.30. The van der Waals surface area contributed by atoms with Gasteiger partial charge in [0.1, 0.15) is 0 Å². The van der Waals surface area contributed by atoms with Gasteiger partial charge in [-0.15, -0.1) is 0 Å². The van der Waals surface area contributed by atoms with Gasteiger partial charge in [0.25, 0.3) is 0 Å². The van der Waals surface area contributed by atoms with E-state index in [0.29, 0.717) is 5.41 Å². The minimum absolute atomic E-state index is 0.0198. The van der Waals surface area contributed by atoms with E-state index >= 15 is 0 Å².